The molecule has 0 aromatic carbocycles. The molecule has 9 nitrogen and oxygen atoms in total. The second kappa shape index (κ2) is 7.85. The Morgan fingerprint density at radius 2 is 2.03 bits per heavy atom. The van der Waals surface area contributed by atoms with Crippen molar-refractivity contribution in [1.29, 1.82) is 0 Å². The molecule has 1 aliphatic heterocycles. The van der Waals surface area contributed by atoms with E-state index >= 15 is 0 Å². The van der Waals surface area contributed by atoms with Gasteiger partial charge in [0.05, 0.1) is 12.2 Å². The van der Waals surface area contributed by atoms with Crippen LogP contribution < -0.4 is 11.0 Å². The smallest absolute Gasteiger partial charge is 0.394 e. The van der Waals surface area contributed by atoms with E-state index in [2.05, 4.69) is 15.3 Å². The van der Waals surface area contributed by atoms with Crippen molar-refractivity contribution in [2.75, 3.05) is 11.9 Å². The number of carbonyl (C=O) groups excluding carboxylic acids is 1. The highest BCUT2D eigenvalue weighted by molar-refractivity contribution is 6.03. The van der Waals surface area contributed by atoms with Crippen molar-refractivity contribution in [3.05, 3.63) is 52.3 Å². The minimum atomic E-state index is -4.65. The van der Waals surface area contributed by atoms with Gasteiger partial charge in [-0.2, -0.15) is 18.2 Å². The molecule has 3 heterocycles. The Morgan fingerprint density at radius 3 is 2.55 bits per heavy atom. The Bertz CT molecular complexity index is 950. The molecule has 1 saturated heterocycles. The molecule has 1 amide bonds. The molecule has 0 radical (unpaired) electrons. The Balaban J connectivity index is 1.74. The van der Waals surface area contributed by atoms with Crippen molar-refractivity contribution in [3.63, 3.8) is 0 Å². The molecule has 29 heavy (non-hydrogen) atoms. The largest absolute Gasteiger partial charge is 0.433 e. The first-order valence-corrected chi connectivity index (χ1v) is 8.14. The molecule has 2 aromatic heterocycles. The zero-order chi connectivity index (χ0) is 21.3. The van der Waals surface area contributed by atoms with Gasteiger partial charge in [0.25, 0.3) is 5.91 Å². The van der Waals surface area contributed by atoms with E-state index in [0.717, 1.165) is 29.1 Å². The number of carbonyl (C=O) groups is 1. The van der Waals surface area contributed by atoms with Gasteiger partial charge >= 0.3 is 11.9 Å². The van der Waals surface area contributed by atoms with E-state index in [1.54, 1.807) is 0 Å². The molecule has 156 valence electrons. The molecule has 1 aliphatic rings. The van der Waals surface area contributed by atoms with Crippen LogP contribution in [0, 0.1) is 0 Å². The van der Waals surface area contributed by atoms with Crippen LogP contribution in [0.4, 0.5) is 23.4 Å². The number of hydrogen-bond donors (Lipinski definition) is 3. The SMILES string of the molecule is O=C(Nc1ccn([C@@H]2O[C@H](CO)[C@@H](O)[C@H]2F)c(=O)n1)c1ccc(C(F)(F)F)nc1. The third-order valence-electron chi connectivity index (χ3n) is 4.14. The molecular formula is C16H14F4N4O5. The molecule has 0 spiro atoms. The highest BCUT2D eigenvalue weighted by Gasteiger charge is 2.45. The zero-order valence-electron chi connectivity index (χ0n) is 14.4. The van der Waals surface area contributed by atoms with E-state index in [0.29, 0.717) is 6.07 Å². The fourth-order valence-electron chi connectivity index (χ4n) is 2.64. The first kappa shape index (κ1) is 20.8. The van der Waals surface area contributed by atoms with Crippen LogP contribution in [0.5, 0.6) is 0 Å². The minimum absolute atomic E-state index is 0.208. The fraction of sp³-hybridized carbons (Fsp3) is 0.375. The molecule has 0 unspecified atom stereocenters. The maximum absolute atomic E-state index is 14.1. The summed E-state index contributed by atoms with van der Waals surface area (Å²) in [5.41, 5.74) is -2.40. The van der Waals surface area contributed by atoms with Crippen molar-refractivity contribution in [3.8, 4) is 0 Å². The van der Waals surface area contributed by atoms with E-state index in [1.807, 2.05) is 0 Å². The lowest BCUT2D eigenvalue weighted by molar-refractivity contribution is -0.141. The second-order valence-electron chi connectivity index (χ2n) is 6.07. The lowest BCUT2D eigenvalue weighted by atomic mass is 10.1. The van der Waals surface area contributed by atoms with Gasteiger partial charge in [-0.15, -0.1) is 0 Å². The molecule has 0 aliphatic carbocycles. The third-order valence-corrected chi connectivity index (χ3v) is 4.14. The number of nitrogens with zero attached hydrogens (tertiary/aromatic N) is 3. The standard InChI is InChI=1S/C16H14F4N4O5/c17-11-12(26)8(6-25)29-14(11)24-4-3-10(23-15(24)28)22-13(27)7-1-2-9(21-5-7)16(18,19)20/h1-5,8,11-12,14,25-26H,6H2,(H,22,23,27,28)/t8-,11-,12-,14-/m1/s1. The predicted octanol–water partition coefficient (Wildman–Crippen LogP) is 0.498. The Hall–Kier alpha value is -2.90. The van der Waals surface area contributed by atoms with Crippen LogP contribution in [0.1, 0.15) is 22.3 Å². The zero-order valence-corrected chi connectivity index (χ0v) is 14.4. The molecule has 0 bridgehead atoms. The number of ether oxygens (including phenoxy) is 1. The summed E-state index contributed by atoms with van der Waals surface area (Å²) in [6.07, 6.45) is -9.25. The Morgan fingerprint density at radius 1 is 1.31 bits per heavy atom. The van der Waals surface area contributed by atoms with Crippen LogP contribution in [0.3, 0.4) is 0 Å². The highest BCUT2D eigenvalue weighted by atomic mass is 19.4. The number of halogens is 4. The predicted molar refractivity (Wildman–Crippen MR) is 87.6 cm³/mol. The molecule has 2 aromatic rings. The van der Waals surface area contributed by atoms with Gasteiger partial charge in [-0.25, -0.2) is 9.18 Å². The van der Waals surface area contributed by atoms with Gasteiger partial charge in [0, 0.05) is 12.4 Å². The molecule has 3 N–H and O–H groups in total. The lowest BCUT2D eigenvalue weighted by Crippen LogP contribution is -2.33. The maximum atomic E-state index is 14.1. The van der Waals surface area contributed by atoms with Crippen LogP contribution in [0.2, 0.25) is 0 Å². The third kappa shape index (κ3) is 4.26. The number of rotatable bonds is 4. The van der Waals surface area contributed by atoms with Crippen LogP contribution >= 0.6 is 0 Å². The summed E-state index contributed by atoms with van der Waals surface area (Å²) in [5.74, 6) is -1.11. The molecular weight excluding hydrogens is 404 g/mol. The van der Waals surface area contributed by atoms with Crippen molar-refractivity contribution in [1.82, 2.24) is 14.5 Å². The van der Waals surface area contributed by atoms with E-state index in [9.17, 15) is 32.3 Å². The van der Waals surface area contributed by atoms with E-state index in [-0.39, 0.29) is 11.4 Å². The van der Waals surface area contributed by atoms with Gasteiger partial charge in [0.2, 0.25) is 0 Å². The van der Waals surface area contributed by atoms with E-state index in [4.69, 9.17) is 9.84 Å². The summed E-state index contributed by atoms with van der Waals surface area (Å²) in [6.45, 7) is -0.657. The van der Waals surface area contributed by atoms with Gasteiger partial charge in [0.15, 0.2) is 12.4 Å². The molecule has 13 heteroatoms. The second-order valence-corrected chi connectivity index (χ2v) is 6.07. The number of alkyl halides is 4. The number of nitrogens with one attached hydrogen (secondary N) is 1. The van der Waals surface area contributed by atoms with Crippen molar-refractivity contribution in [2.24, 2.45) is 0 Å². The monoisotopic (exact) mass is 418 g/mol. The topological polar surface area (TPSA) is 127 Å². The number of aliphatic hydroxyl groups is 2. The molecule has 1 fully saturated rings. The van der Waals surface area contributed by atoms with Gasteiger partial charge in [-0.1, -0.05) is 0 Å². The van der Waals surface area contributed by atoms with E-state index < -0.39 is 54.7 Å². The number of pyridine rings is 1. The summed E-state index contributed by atoms with van der Waals surface area (Å²) in [6, 6.07) is 2.66. The van der Waals surface area contributed by atoms with E-state index in [1.165, 1.54) is 0 Å². The summed E-state index contributed by atoms with van der Waals surface area (Å²) < 4.78 is 57.4. The molecule has 4 atom stereocenters. The highest BCUT2D eigenvalue weighted by Crippen LogP contribution is 2.30. The van der Waals surface area contributed by atoms with Crippen LogP contribution in [0.15, 0.2) is 35.4 Å². The van der Waals surface area contributed by atoms with Gasteiger partial charge < -0.3 is 20.3 Å². The average Bonchev–Trinajstić information content (AvgIpc) is 2.96. The van der Waals surface area contributed by atoms with Crippen LogP contribution in [-0.2, 0) is 10.9 Å². The van der Waals surface area contributed by atoms with Crippen molar-refractivity contribution >= 4 is 11.7 Å². The quantitative estimate of drug-likeness (QED) is 0.617. The number of aliphatic hydroxyl groups excluding tert-OH is 2. The summed E-state index contributed by atoms with van der Waals surface area (Å²) in [4.78, 5) is 30.9. The fourth-order valence-corrected chi connectivity index (χ4v) is 2.64. The summed E-state index contributed by atoms with van der Waals surface area (Å²) in [5, 5.41) is 20.9. The summed E-state index contributed by atoms with van der Waals surface area (Å²) in [7, 11) is 0. The maximum Gasteiger partial charge on any atom is 0.433 e. The van der Waals surface area contributed by atoms with Gasteiger partial charge in [0.1, 0.15) is 23.7 Å². The normalized spacial score (nSPS) is 24.5. The van der Waals surface area contributed by atoms with Crippen LogP contribution in [-0.4, -0.2) is 55.6 Å². The minimum Gasteiger partial charge on any atom is -0.394 e. The first-order valence-electron chi connectivity index (χ1n) is 8.14. The molecule has 0 saturated carbocycles. The number of amides is 1. The van der Waals surface area contributed by atoms with Gasteiger partial charge in [-0.3, -0.25) is 14.3 Å². The van der Waals surface area contributed by atoms with Crippen LogP contribution in [0.25, 0.3) is 0 Å². The van der Waals surface area contributed by atoms with Crippen molar-refractivity contribution in [2.45, 2.75) is 30.8 Å². The Labute approximate surface area is 159 Å². The summed E-state index contributed by atoms with van der Waals surface area (Å²) >= 11 is 0. The average molecular weight is 418 g/mol. The Kier molecular flexibility index (Phi) is 5.64. The number of hydrogen-bond acceptors (Lipinski definition) is 7. The number of aromatic nitrogens is 3. The first-order chi connectivity index (χ1) is 13.6. The van der Waals surface area contributed by atoms with Gasteiger partial charge in [-0.05, 0) is 18.2 Å². The van der Waals surface area contributed by atoms with Crippen molar-refractivity contribution < 1.29 is 37.3 Å². The molecule has 3 rings (SSSR count). The lowest BCUT2D eigenvalue weighted by Gasteiger charge is -2.16. The number of anilines is 1.